The zero-order valence-electron chi connectivity index (χ0n) is 9.73. The van der Waals surface area contributed by atoms with Crippen LogP contribution in [0.2, 0.25) is 0 Å². The quantitative estimate of drug-likeness (QED) is 0.825. The van der Waals surface area contributed by atoms with Crippen LogP contribution in [0.5, 0.6) is 0 Å². The van der Waals surface area contributed by atoms with Gasteiger partial charge >= 0.3 is 5.97 Å². The van der Waals surface area contributed by atoms with Crippen molar-refractivity contribution in [2.75, 3.05) is 12.9 Å². The standard InChI is InChI=1S/C11H17NO2S2/c1-7-4-5-9(16-7)11(8(2)12)15-6-10(13)14-3/h4-5,8,11H,6,12H2,1-3H3. The van der Waals surface area contributed by atoms with E-state index in [2.05, 4.69) is 23.8 Å². The number of thioether (sulfide) groups is 1. The van der Waals surface area contributed by atoms with Gasteiger partial charge in [0.2, 0.25) is 0 Å². The maximum Gasteiger partial charge on any atom is 0.315 e. The largest absolute Gasteiger partial charge is 0.468 e. The first-order valence-electron chi connectivity index (χ1n) is 5.05. The Balaban J connectivity index is 2.65. The van der Waals surface area contributed by atoms with Gasteiger partial charge in [0.1, 0.15) is 0 Å². The van der Waals surface area contributed by atoms with Crippen LogP contribution in [0.4, 0.5) is 0 Å². The van der Waals surface area contributed by atoms with Crippen molar-refractivity contribution < 1.29 is 9.53 Å². The number of ether oxygens (including phenoxy) is 1. The van der Waals surface area contributed by atoms with Gasteiger partial charge in [-0.25, -0.2) is 0 Å². The summed E-state index contributed by atoms with van der Waals surface area (Å²) in [6.07, 6.45) is 0. The number of methoxy groups -OCH3 is 1. The molecule has 1 rings (SSSR count). The molecule has 5 heteroatoms. The molecule has 1 aromatic rings. The van der Waals surface area contributed by atoms with Crippen LogP contribution in [-0.2, 0) is 9.53 Å². The van der Waals surface area contributed by atoms with E-state index in [0.29, 0.717) is 5.75 Å². The molecule has 90 valence electrons. The van der Waals surface area contributed by atoms with Crippen molar-refractivity contribution in [2.45, 2.75) is 25.1 Å². The molecule has 2 atom stereocenters. The summed E-state index contributed by atoms with van der Waals surface area (Å²) >= 11 is 3.27. The molecule has 0 aliphatic carbocycles. The van der Waals surface area contributed by atoms with Crippen molar-refractivity contribution in [1.82, 2.24) is 0 Å². The molecular formula is C11H17NO2S2. The highest BCUT2D eigenvalue weighted by Gasteiger charge is 2.19. The lowest BCUT2D eigenvalue weighted by Crippen LogP contribution is -2.23. The van der Waals surface area contributed by atoms with Crippen molar-refractivity contribution in [3.63, 3.8) is 0 Å². The van der Waals surface area contributed by atoms with Gasteiger partial charge in [-0.3, -0.25) is 4.79 Å². The Morgan fingerprint density at radius 1 is 1.62 bits per heavy atom. The Labute approximate surface area is 104 Å². The van der Waals surface area contributed by atoms with Gasteiger partial charge in [0.15, 0.2) is 0 Å². The Morgan fingerprint density at radius 2 is 2.31 bits per heavy atom. The van der Waals surface area contributed by atoms with Gasteiger partial charge in [0.05, 0.1) is 18.1 Å². The van der Waals surface area contributed by atoms with Gasteiger partial charge < -0.3 is 10.5 Å². The third kappa shape index (κ3) is 3.81. The van der Waals surface area contributed by atoms with Gasteiger partial charge in [-0.15, -0.1) is 23.1 Å². The number of hydrogen-bond acceptors (Lipinski definition) is 5. The number of carbonyl (C=O) groups excluding carboxylic acids is 1. The number of aryl methyl sites for hydroxylation is 1. The lowest BCUT2D eigenvalue weighted by molar-refractivity contribution is -0.137. The third-order valence-corrected chi connectivity index (χ3v) is 4.81. The predicted molar refractivity (Wildman–Crippen MR) is 69.9 cm³/mol. The Morgan fingerprint density at radius 3 is 2.75 bits per heavy atom. The molecule has 0 saturated carbocycles. The van der Waals surface area contributed by atoms with Crippen molar-refractivity contribution in [1.29, 1.82) is 0 Å². The minimum absolute atomic E-state index is 0.0210. The molecule has 16 heavy (non-hydrogen) atoms. The molecular weight excluding hydrogens is 242 g/mol. The molecule has 1 aromatic heterocycles. The zero-order chi connectivity index (χ0) is 12.1. The first-order chi connectivity index (χ1) is 7.54. The highest BCUT2D eigenvalue weighted by atomic mass is 32.2. The summed E-state index contributed by atoms with van der Waals surface area (Å²) < 4.78 is 4.62. The number of nitrogens with two attached hydrogens (primary N) is 1. The lowest BCUT2D eigenvalue weighted by Gasteiger charge is -2.18. The molecule has 0 fully saturated rings. The van der Waals surface area contributed by atoms with E-state index in [4.69, 9.17) is 5.73 Å². The summed E-state index contributed by atoms with van der Waals surface area (Å²) in [6.45, 7) is 4.03. The maximum atomic E-state index is 11.1. The zero-order valence-corrected chi connectivity index (χ0v) is 11.4. The first kappa shape index (κ1) is 13.5. The average molecular weight is 259 g/mol. The van der Waals surface area contributed by atoms with E-state index < -0.39 is 0 Å². The van der Waals surface area contributed by atoms with Crippen LogP contribution in [0, 0.1) is 6.92 Å². The molecule has 0 aromatic carbocycles. The lowest BCUT2D eigenvalue weighted by atomic mass is 10.2. The van der Waals surface area contributed by atoms with Gasteiger partial charge in [0.25, 0.3) is 0 Å². The molecule has 3 nitrogen and oxygen atoms in total. The van der Waals surface area contributed by atoms with Crippen LogP contribution in [-0.4, -0.2) is 24.9 Å². The molecule has 2 N–H and O–H groups in total. The fraction of sp³-hybridized carbons (Fsp3) is 0.545. The normalized spacial score (nSPS) is 14.5. The second kappa shape index (κ2) is 6.27. The fourth-order valence-corrected chi connectivity index (χ4v) is 3.62. The van der Waals surface area contributed by atoms with E-state index in [-0.39, 0.29) is 17.3 Å². The number of thiophene rings is 1. The van der Waals surface area contributed by atoms with Crippen molar-refractivity contribution >= 4 is 29.1 Å². The summed E-state index contributed by atoms with van der Waals surface area (Å²) in [5.41, 5.74) is 5.94. The minimum Gasteiger partial charge on any atom is -0.468 e. The molecule has 0 bridgehead atoms. The molecule has 0 spiro atoms. The van der Waals surface area contributed by atoms with Crippen molar-refractivity contribution in [3.05, 3.63) is 21.9 Å². The minimum atomic E-state index is -0.205. The highest BCUT2D eigenvalue weighted by molar-refractivity contribution is 8.00. The topological polar surface area (TPSA) is 52.3 Å². The number of esters is 1. The fourth-order valence-electron chi connectivity index (χ4n) is 1.32. The van der Waals surface area contributed by atoms with Gasteiger partial charge in [-0.1, -0.05) is 0 Å². The maximum absolute atomic E-state index is 11.1. The van der Waals surface area contributed by atoms with E-state index in [0.717, 1.165) is 0 Å². The van der Waals surface area contributed by atoms with Gasteiger partial charge in [0, 0.05) is 15.8 Å². The van der Waals surface area contributed by atoms with E-state index in [1.807, 2.05) is 6.92 Å². The van der Waals surface area contributed by atoms with Crippen LogP contribution >= 0.6 is 23.1 Å². The second-order valence-electron chi connectivity index (χ2n) is 3.62. The Bertz CT molecular complexity index is 350. The smallest absolute Gasteiger partial charge is 0.315 e. The molecule has 2 unspecified atom stereocenters. The van der Waals surface area contributed by atoms with Gasteiger partial charge in [-0.05, 0) is 26.0 Å². The van der Waals surface area contributed by atoms with Crippen molar-refractivity contribution in [3.8, 4) is 0 Å². The predicted octanol–water partition coefficient (Wildman–Crippen LogP) is 2.35. The van der Waals surface area contributed by atoms with Crippen molar-refractivity contribution in [2.24, 2.45) is 5.73 Å². The van der Waals surface area contributed by atoms with E-state index in [9.17, 15) is 4.79 Å². The first-order valence-corrected chi connectivity index (χ1v) is 6.91. The van der Waals surface area contributed by atoms with E-state index >= 15 is 0 Å². The summed E-state index contributed by atoms with van der Waals surface area (Å²) in [5.74, 6) is 0.142. The Hall–Kier alpha value is -0.520. The number of carbonyl (C=O) groups is 1. The van der Waals surface area contributed by atoms with Crippen LogP contribution in [0.1, 0.15) is 21.9 Å². The SMILES string of the molecule is COC(=O)CSC(c1ccc(C)s1)C(C)N. The van der Waals surface area contributed by atoms with Crippen LogP contribution in [0.3, 0.4) is 0 Å². The summed E-state index contributed by atoms with van der Waals surface area (Å²) in [6, 6.07) is 4.18. The van der Waals surface area contributed by atoms with Crippen LogP contribution in [0.25, 0.3) is 0 Å². The monoisotopic (exact) mass is 259 g/mol. The van der Waals surface area contributed by atoms with Crippen LogP contribution in [0.15, 0.2) is 12.1 Å². The van der Waals surface area contributed by atoms with E-state index in [1.165, 1.54) is 28.6 Å². The molecule has 0 amide bonds. The third-order valence-electron chi connectivity index (χ3n) is 2.13. The van der Waals surface area contributed by atoms with Gasteiger partial charge in [-0.2, -0.15) is 0 Å². The number of rotatable bonds is 5. The molecule has 0 aliphatic rings. The molecule has 0 radical (unpaired) electrons. The Kier molecular flexibility index (Phi) is 5.31. The second-order valence-corrected chi connectivity index (χ2v) is 6.06. The summed E-state index contributed by atoms with van der Waals surface area (Å²) in [4.78, 5) is 13.6. The molecule has 1 heterocycles. The summed E-state index contributed by atoms with van der Waals surface area (Å²) in [7, 11) is 1.40. The molecule has 0 aliphatic heterocycles. The summed E-state index contributed by atoms with van der Waals surface area (Å²) in [5, 5.41) is 0.165. The highest BCUT2D eigenvalue weighted by Crippen LogP contribution is 2.35. The van der Waals surface area contributed by atoms with Crippen LogP contribution < -0.4 is 5.73 Å². The average Bonchev–Trinajstić information content (AvgIpc) is 2.64. The number of hydrogen-bond donors (Lipinski definition) is 1. The molecule has 0 saturated heterocycles. The van der Waals surface area contributed by atoms with E-state index in [1.54, 1.807) is 11.3 Å².